The molecular weight excluding hydrogens is 410 g/mol. The zero-order valence-corrected chi connectivity index (χ0v) is 18.0. The maximum atomic E-state index is 6.62. The molecule has 2 aliphatic heterocycles. The summed E-state index contributed by atoms with van der Waals surface area (Å²) in [6.45, 7) is 7.70. The topological polar surface area (TPSA) is 9.72 Å². The molecule has 5 heteroatoms. The van der Waals surface area contributed by atoms with E-state index in [0.717, 1.165) is 55.2 Å². The quantitative estimate of drug-likeness (QED) is 0.641. The van der Waals surface area contributed by atoms with Crippen LogP contribution in [0.1, 0.15) is 23.1 Å². The van der Waals surface area contributed by atoms with Gasteiger partial charge in [-0.05, 0) is 78.0 Å². The molecule has 0 radical (unpaired) electrons. The molecule has 3 nitrogen and oxygen atoms in total. The third kappa shape index (κ3) is 3.44. The van der Waals surface area contributed by atoms with Crippen LogP contribution in [0.3, 0.4) is 0 Å². The van der Waals surface area contributed by atoms with Crippen molar-refractivity contribution in [2.75, 3.05) is 44.7 Å². The first-order valence-electron chi connectivity index (χ1n) is 9.58. The lowest BCUT2D eigenvalue weighted by Crippen LogP contribution is -2.45. The number of hydrogen-bond donors (Lipinski definition) is 0. The van der Waals surface area contributed by atoms with Gasteiger partial charge in [0.1, 0.15) is 5.16 Å². The molecule has 0 aromatic heterocycles. The average molecular weight is 437 g/mol. The zero-order chi connectivity index (χ0) is 18.3. The van der Waals surface area contributed by atoms with Gasteiger partial charge in [0.25, 0.3) is 0 Å². The van der Waals surface area contributed by atoms with Gasteiger partial charge in [0.05, 0.1) is 4.48 Å². The summed E-state index contributed by atoms with van der Waals surface area (Å²) in [6.07, 6.45) is 7.67. The Morgan fingerprint density at radius 1 is 1.12 bits per heavy atom. The maximum Gasteiger partial charge on any atom is 0.119 e. The highest BCUT2D eigenvalue weighted by Crippen LogP contribution is 2.37. The van der Waals surface area contributed by atoms with E-state index in [2.05, 4.69) is 68.9 Å². The van der Waals surface area contributed by atoms with E-state index in [1.807, 2.05) is 0 Å². The molecule has 1 aliphatic carbocycles. The Balaban J connectivity index is 1.63. The fourth-order valence-corrected chi connectivity index (χ4v) is 5.18. The molecular formula is C21H27BrClN3. The highest BCUT2D eigenvalue weighted by atomic mass is 79.9. The predicted octanol–water partition coefficient (Wildman–Crippen LogP) is 4.28. The molecule has 0 N–H and O–H groups in total. The second-order valence-corrected chi connectivity index (χ2v) is 8.95. The third-order valence-electron chi connectivity index (χ3n) is 6.11. The van der Waals surface area contributed by atoms with Crippen LogP contribution in [0.25, 0.3) is 0 Å². The molecule has 1 saturated heterocycles. The molecule has 26 heavy (non-hydrogen) atoms. The monoisotopic (exact) mass is 435 g/mol. The average Bonchev–Trinajstić information content (AvgIpc) is 2.65. The van der Waals surface area contributed by atoms with Crippen molar-refractivity contribution in [3.8, 4) is 0 Å². The largest absolute Gasteiger partial charge is 0.369 e. The van der Waals surface area contributed by atoms with Crippen molar-refractivity contribution in [3.05, 3.63) is 50.6 Å². The highest BCUT2D eigenvalue weighted by molar-refractivity contribution is 9.12. The zero-order valence-electron chi connectivity index (χ0n) is 15.6. The lowest BCUT2D eigenvalue weighted by Gasteiger charge is -2.41. The lowest BCUT2D eigenvalue weighted by atomic mass is 9.83. The summed E-state index contributed by atoms with van der Waals surface area (Å²) >= 11 is 10.2. The van der Waals surface area contributed by atoms with Gasteiger partial charge in [-0.25, -0.2) is 0 Å². The maximum absolute atomic E-state index is 6.62. The van der Waals surface area contributed by atoms with Crippen LogP contribution in [0.5, 0.6) is 0 Å². The van der Waals surface area contributed by atoms with Gasteiger partial charge in [0.2, 0.25) is 0 Å². The van der Waals surface area contributed by atoms with Crippen LogP contribution < -0.4 is 4.90 Å². The summed E-state index contributed by atoms with van der Waals surface area (Å²) in [5.41, 5.74) is 6.03. The van der Waals surface area contributed by atoms with Crippen LogP contribution >= 0.6 is 27.5 Å². The number of benzene rings is 1. The standard InChI is InChI=1S/C21H27BrClN3/c1-15-5-8-20(25-12-10-24(2)11-13-25)18-14-16(6-7-17(15)18)26-9-3-4-19(22)21(26)23/h3-5,8,16H,6-7,9-14H2,1-2H3/t16-/m1/s1. The van der Waals surface area contributed by atoms with E-state index in [1.165, 1.54) is 17.7 Å². The summed E-state index contributed by atoms with van der Waals surface area (Å²) in [5.74, 6) is 0. The number of fused-ring (bicyclic) bond motifs is 1. The van der Waals surface area contributed by atoms with Gasteiger partial charge in [-0.2, -0.15) is 0 Å². The normalized spacial score (nSPS) is 24.2. The number of likely N-dealkylation sites (N-methyl/N-ethyl adjacent to an activating group) is 1. The molecule has 0 amide bonds. The van der Waals surface area contributed by atoms with Gasteiger partial charge in [-0.15, -0.1) is 0 Å². The molecule has 0 unspecified atom stereocenters. The SMILES string of the molecule is Cc1ccc(N2CCN(C)CC2)c2c1CC[C@@H](N1CC=CC(Br)=C1Cl)C2. The number of halogens is 2. The van der Waals surface area contributed by atoms with Crippen molar-refractivity contribution in [1.82, 2.24) is 9.80 Å². The third-order valence-corrected chi connectivity index (χ3v) is 7.40. The molecule has 1 aromatic rings. The van der Waals surface area contributed by atoms with Crippen LogP contribution in [-0.4, -0.2) is 55.6 Å². The van der Waals surface area contributed by atoms with E-state index >= 15 is 0 Å². The van der Waals surface area contributed by atoms with Crippen LogP contribution in [0, 0.1) is 6.92 Å². The van der Waals surface area contributed by atoms with Crippen LogP contribution in [0.4, 0.5) is 5.69 Å². The van der Waals surface area contributed by atoms with Crippen molar-refractivity contribution >= 4 is 33.2 Å². The van der Waals surface area contributed by atoms with E-state index in [4.69, 9.17) is 11.6 Å². The van der Waals surface area contributed by atoms with Crippen molar-refractivity contribution in [1.29, 1.82) is 0 Å². The van der Waals surface area contributed by atoms with E-state index in [1.54, 1.807) is 11.1 Å². The Bertz CT molecular complexity index is 750. The van der Waals surface area contributed by atoms with Crippen molar-refractivity contribution in [2.45, 2.75) is 32.2 Å². The van der Waals surface area contributed by atoms with Gasteiger partial charge in [0.15, 0.2) is 0 Å². The number of rotatable bonds is 2. The summed E-state index contributed by atoms with van der Waals surface area (Å²) in [5, 5.41) is 0.856. The molecule has 2 heterocycles. The van der Waals surface area contributed by atoms with E-state index in [-0.39, 0.29) is 0 Å². The van der Waals surface area contributed by atoms with E-state index < -0.39 is 0 Å². The number of anilines is 1. The Hall–Kier alpha value is -0.970. The molecule has 0 bridgehead atoms. The molecule has 3 aliphatic rings. The first-order valence-corrected chi connectivity index (χ1v) is 10.7. The minimum Gasteiger partial charge on any atom is -0.369 e. The molecule has 140 valence electrons. The fourth-order valence-electron chi connectivity index (χ4n) is 4.50. The second kappa shape index (κ2) is 7.57. The molecule has 1 atom stereocenters. The molecule has 0 saturated carbocycles. The summed E-state index contributed by atoms with van der Waals surface area (Å²) in [6, 6.07) is 5.14. The Labute approximate surface area is 170 Å². The summed E-state index contributed by atoms with van der Waals surface area (Å²) < 4.78 is 1.000. The van der Waals surface area contributed by atoms with Gasteiger partial charge >= 0.3 is 0 Å². The van der Waals surface area contributed by atoms with Crippen LogP contribution in [0.2, 0.25) is 0 Å². The van der Waals surface area contributed by atoms with Crippen LogP contribution in [0.15, 0.2) is 33.9 Å². The molecule has 1 fully saturated rings. The number of hydrogen-bond acceptors (Lipinski definition) is 3. The van der Waals surface area contributed by atoms with Crippen molar-refractivity contribution < 1.29 is 0 Å². The fraction of sp³-hybridized carbons (Fsp3) is 0.524. The highest BCUT2D eigenvalue weighted by Gasteiger charge is 2.30. The van der Waals surface area contributed by atoms with E-state index in [9.17, 15) is 0 Å². The van der Waals surface area contributed by atoms with Crippen LogP contribution in [-0.2, 0) is 12.8 Å². The molecule has 4 rings (SSSR count). The molecule has 0 spiro atoms. The number of aryl methyl sites for hydroxylation is 1. The number of piperazine rings is 1. The minimum atomic E-state index is 0.473. The van der Waals surface area contributed by atoms with Gasteiger partial charge in [0, 0.05) is 44.5 Å². The van der Waals surface area contributed by atoms with Crippen molar-refractivity contribution in [2.24, 2.45) is 0 Å². The number of nitrogens with zero attached hydrogens (tertiary/aromatic N) is 3. The van der Waals surface area contributed by atoms with E-state index in [0.29, 0.717) is 6.04 Å². The van der Waals surface area contributed by atoms with Crippen molar-refractivity contribution in [3.63, 3.8) is 0 Å². The lowest BCUT2D eigenvalue weighted by molar-refractivity contribution is 0.263. The molecule has 1 aromatic carbocycles. The van der Waals surface area contributed by atoms with Gasteiger partial charge in [-0.3, -0.25) is 0 Å². The van der Waals surface area contributed by atoms with Gasteiger partial charge < -0.3 is 14.7 Å². The first kappa shape index (κ1) is 18.4. The Morgan fingerprint density at radius 2 is 1.88 bits per heavy atom. The first-order chi connectivity index (χ1) is 12.5. The Morgan fingerprint density at radius 3 is 2.65 bits per heavy atom. The Kier molecular flexibility index (Phi) is 5.36. The van der Waals surface area contributed by atoms with Gasteiger partial charge in [-0.1, -0.05) is 23.7 Å². The number of allylic oxidation sites excluding steroid dienone is 2. The minimum absolute atomic E-state index is 0.473. The second-order valence-electron chi connectivity index (χ2n) is 7.74. The summed E-state index contributed by atoms with van der Waals surface area (Å²) in [4.78, 5) is 7.37. The summed E-state index contributed by atoms with van der Waals surface area (Å²) in [7, 11) is 2.22. The predicted molar refractivity (Wildman–Crippen MR) is 114 cm³/mol. The smallest absolute Gasteiger partial charge is 0.119 e.